The Morgan fingerprint density at radius 3 is 2.91 bits per heavy atom. The number of hydrogen-bond acceptors (Lipinski definition) is 3. The molecule has 0 bridgehead atoms. The van der Waals surface area contributed by atoms with E-state index in [9.17, 15) is 4.79 Å². The predicted octanol–water partition coefficient (Wildman–Crippen LogP) is 3.38. The Morgan fingerprint density at radius 2 is 2.17 bits per heavy atom. The van der Waals surface area contributed by atoms with Gasteiger partial charge in [-0.1, -0.05) is 23.7 Å². The molecule has 0 saturated heterocycles. The van der Waals surface area contributed by atoms with Crippen molar-refractivity contribution < 1.29 is 4.79 Å². The van der Waals surface area contributed by atoms with E-state index in [0.717, 1.165) is 24.2 Å². The molecule has 1 amide bonds. The SMILES string of the molecule is O=C(Nc1ccccc1-n1ccnc1)c1n[nH]c(C2CC2)c1Cl. The minimum atomic E-state index is -0.328. The highest BCUT2D eigenvalue weighted by molar-refractivity contribution is 6.34. The Balaban J connectivity index is 1.62. The molecule has 0 aliphatic heterocycles. The van der Waals surface area contributed by atoms with Crippen LogP contribution in [0.1, 0.15) is 34.9 Å². The van der Waals surface area contributed by atoms with E-state index in [2.05, 4.69) is 20.5 Å². The Labute approximate surface area is 137 Å². The van der Waals surface area contributed by atoms with E-state index in [4.69, 9.17) is 11.6 Å². The van der Waals surface area contributed by atoms with Gasteiger partial charge in [-0.25, -0.2) is 4.98 Å². The Kier molecular flexibility index (Phi) is 3.38. The zero-order valence-electron chi connectivity index (χ0n) is 12.2. The molecule has 4 rings (SSSR count). The normalized spacial score (nSPS) is 14.0. The van der Waals surface area contributed by atoms with Crippen molar-refractivity contribution >= 4 is 23.2 Å². The minimum Gasteiger partial charge on any atom is -0.319 e. The van der Waals surface area contributed by atoms with Crippen LogP contribution in [0.15, 0.2) is 43.0 Å². The van der Waals surface area contributed by atoms with Gasteiger partial charge in [-0.2, -0.15) is 5.10 Å². The molecule has 6 nitrogen and oxygen atoms in total. The third kappa shape index (κ3) is 2.61. The van der Waals surface area contributed by atoms with Crippen LogP contribution in [0.25, 0.3) is 5.69 Å². The Morgan fingerprint density at radius 1 is 1.35 bits per heavy atom. The van der Waals surface area contributed by atoms with Crippen LogP contribution in [0.5, 0.6) is 0 Å². The van der Waals surface area contributed by atoms with Crippen molar-refractivity contribution in [3.63, 3.8) is 0 Å². The van der Waals surface area contributed by atoms with Gasteiger partial charge in [0.15, 0.2) is 5.69 Å². The van der Waals surface area contributed by atoms with Crippen LogP contribution in [0.3, 0.4) is 0 Å². The highest BCUT2D eigenvalue weighted by Crippen LogP contribution is 2.42. The number of imidazole rings is 1. The maximum absolute atomic E-state index is 12.5. The Bertz CT molecular complexity index is 851. The van der Waals surface area contributed by atoms with Gasteiger partial charge >= 0.3 is 0 Å². The summed E-state index contributed by atoms with van der Waals surface area (Å²) in [5.74, 6) is 0.0838. The van der Waals surface area contributed by atoms with Crippen LogP contribution in [0, 0.1) is 0 Å². The highest BCUT2D eigenvalue weighted by atomic mass is 35.5. The first kappa shape index (κ1) is 14.0. The van der Waals surface area contributed by atoms with E-state index < -0.39 is 0 Å². The number of carbonyl (C=O) groups is 1. The molecular weight excluding hydrogens is 314 g/mol. The van der Waals surface area contributed by atoms with Gasteiger partial charge in [-0.15, -0.1) is 0 Å². The summed E-state index contributed by atoms with van der Waals surface area (Å²) in [7, 11) is 0. The van der Waals surface area contributed by atoms with Gasteiger partial charge in [-0.3, -0.25) is 9.89 Å². The number of H-pyrrole nitrogens is 1. The first-order chi connectivity index (χ1) is 11.2. The van der Waals surface area contributed by atoms with Gasteiger partial charge in [0.1, 0.15) is 0 Å². The third-order valence-electron chi connectivity index (χ3n) is 3.87. The molecule has 0 atom stereocenters. The molecule has 1 saturated carbocycles. The lowest BCUT2D eigenvalue weighted by atomic mass is 10.2. The average molecular weight is 328 g/mol. The van der Waals surface area contributed by atoms with Gasteiger partial charge in [0, 0.05) is 18.3 Å². The van der Waals surface area contributed by atoms with Gasteiger partial charge in [0.25, 0.3) is 5.91 Å². The smallest absolute Gasteiger partial charge is 0.277 e. The maximum Gasteiger partial charge on any atom is 0.277 e. The van der Waals surface area contributed by atoms with E-state index in [1.165, 1.54) is 0 Å². The van der Waals surface area contributed by atoms with Crippen molar-refractivity contribution in [2.45, 2.75) is 18.8 Å². The zero-order valence-corrected chi connectivity index (χ0v) is 12.9. The predicted molar refractivity (Wildman–Crippen MR) is 87.1 cm³/mol. The lowest BCUT2D eigenvalue weighted by Gasteiger charge is -2.10. The van der Waals surface area contributed by atoms with Crippen molar-refractivity contribution in [3.05, 3.63) is 59.4 Å². The van der Waals surface area contributed by atoms with Crippen molar-refractivity contribution in [1.29, 1.82) is 0 Å². The third-order valence-corrected chi connectivity index (χ3v) is 4.25. The molecule has 1 aromatic carbocycles. The summed E-state index contributed by atoms with van der Waals surface area (Å²) in [5, 5.41) is 10.3. The summed E-state index contributed by atoms with van der Waals surface area (Å²) in [5.41, 5.74) is 2.59. The molecule has 0 spiro atoms. The minimum absolute atomic E-state index is 0.231. The van der Waals surface area contributed by atoms with Crippen molar-refractivity contribution in [3.8, 4) is 5.69 Å². The summed E-state index contributed by atoms with van der Waals surface area (Å²) in [4.78, 5) is 16.5. The monoisotopic (exact) mass is 327 g/mol. The van der Waals surface area contributed by atoms with Crippen molar-refractivity contribution in [2.75, 3.05) is 5.32 Å². The number of aromatic nitrogens is 4. The summed E-state index contributed by atoms with van der Waals surface area (Å²) in [6.45, 7) is 0. The molecule has 2 aromatic heterocycles. The quantitative estimate of drug-likeness (QED) is 0.771. The molecule has 2 N–H and O–H groups in total. The molecule has 2 heterocycles. The zero-order chi connectivity index (χ0) is 15.8. The number of aromatic amines is 1. The number of nitrogens with one attached hydrogen (secondary N) is 2. The number of rotatable bonds is 4. The fourth-order valence-electron chi connectivity index (χ4n) is 2.52. The van der Waals surface area contributed by atoms with E-state index >= 15 is 0 Å². The number of para-hydroxylation sites is 2. The average Bonchev–Trinajstić information content (AvgIpc) is 3.10. The summed E-state index contributed by atoms with van der Waals surface area (Å²) >= 11 is 6.29. The fraction of sp³-hybridized carbons (Fsp3) is 0.188. The number of nitrogens with zero attached hydrogens (tertiary/aromatic N) is 3. The molecule has 7 heteroatoms. The van der Waals surface area contributed by atoms with Crippen molar-refractivity contribution in [2.24, 2.45) is 0 Å². The van der Waals surface area contributed by atoms with Crippen LogP contribution >= 0.6 is 11.6 Å². The fourth-order valence-corrected chi connectivity index (χ4v) is 2.85. The molecule has 0 unspecified atom stereocenters. The van der Waals surface area contributed by atoms with E-state index in [-0.39, 0.29) is 11.6 Å². The maximum atomic E-state index is 12.5. The van der Waals surface area contributed by atoms with Crippen LogP contribution in [0.4, 0.5) is 5.69 Å². The van der Waals surface area contributed by atoms with Gasteiger partial charge in [-0.05, 0) is 25.0 Å². The second-order valence-corrected chi connectivity index (χ2v) is 5.89. The standard InChI is InChI=1S/C16H14ClN5O/c17-13-14(10-5-6-10)20-21-15(13)16(23)19-11-3-1-2-4-12(11)22-8-7-18-9-22/h1-4,7-10H,5-6H2,(H,19,23)(H,20,21). The summed E-state index contributed by atoms with van der Waals surface area (Å²) in [6.07, 6.45) is 7.36. The first-order valence-electron chi connectivity index (χ1n) is 7.36. The van der Waals surface area contributed by atoms with Crippen LogP contribution < -0.4 is 5.32 Å². The molecule has 1 aliphatic carbocycles. The molecule has 1 aliphatic rings. The first-order valence-corrected chi connectivity index (χ1v) is 7.74. The summed E-state index contributed by atoms with van der Waals surface area (Å²) < 4.78 is 1.83. The van der Waals surface area contributed by atoms with Crippen LogP contribution in [-0.4, -0.2) is 25.7 Å². The van der Waals surface area contributed by atoms with Gasteiger partial charge in [0.05, 0.1) is 28.4 Å². The molecule has 116 valence electrons. The van der Waals surface area contributed by atoms with Crippen molar-refractivity contribution in [1.82, 2.24) is 19.7 Å². The highest BCUT2D eigenvalue weighted by Gasteiger charge is 2.30. The molecule has 1 fully saturated rings. The van der Waals surface area contributed by atoms with Gasteiger partial charge in [0.2, 0.25) is 0 Å². The molecule has 0 radical (unpaired) electrons. The lowest BCUT2D eigenvalue weighted by molar-refractivity contribution is 0.102. The molecular formula is C16H14ClN5O. The Hall–Kier alpha value is -2.60. The second kappa shape index (κ2) is 5.55. The van der Waals surface area contributed by atoms with E-state index in [1.807, 2.05) is 35.0 Å². The van der Waals surface area contributed by atoms with E-state index in [1.54, 1.807) is 12.5 Å². The molecule has 3 aromatic rings. The number of amides is 1. The number of anilines is 1. The van der Waals surface area contributed by atoms with Crippen LogP contribution in [0.2, 0.25) is 5.02 Å². The number of hydrogen-bond donors (Lipinski definition) is 2. The van der Waals surface area contributed by atoms with Crippen LogP contribution in [-0.2, 0) is 0 Å². The second-order valence-electron chi connectivity index (χ2n) is 5.52. The summed E-state index contributed by atoms with van der Waals surface area (Å²) in [6, 6.07) is 7.49. The lowest BCUT2D eigenvalue weighted by Crippen LogP contribution is -2.14. The van der Waals surface area contributed by atoms with E-state index in [0.29, 0.717) is 16.6 Å². The molecule has 23 heavy (non-hydrogen) atoms. The number of carbonyl (C=O) groups excluding carboxylic acids is 1. The number of halogens is 1. The number of benzene rings is 1. The van der Waals surface area contributed by atoms with Gasteiger partial charge < -0.3 is 9.88 Å². The largest absolute Gasteiger partial charge is 0.319 e. The topological polar surface area (TPSA) is 75.6 Å².